The third kappa shape index (κ3) is 29.2. The van der Waals surface area contributed by atoms with Crippen LogP contribution in [-0.2, 0) is 25.6 Å². The van der Waals surface area contributed by atoms with Crippen LogP contribution < -0.4 is 20.7 Å². The van der Waals surface area contributed by atoms with Crippen LogP contribution >= 0.6 is 0 Å². The summed E-state index contributed by atoms with van der Waals surface area (Å²) in [5, 5.41) is 9.59. The van der Waals surface area contributed by atoms with E-state index >= 15 is 0 Å². The summed E-state index contributed by atoms with van der Waals surface area (Å²) in [5.74, 6) is 2.11. The smallest absolute Gasteiger partial charge is 0.222 e. The van der Waals surface area contributed by atoms with E-state index in [4.69, 9.17) is 4.74 Å². The molecule has 0 radical (unpaired) electrons. The van der Waals surface area contributed by atoms with Crippen LogP contribution in [-0.4, -0.2) is 86.5 Å². The first-order chi connectivity index (χ1) is 32.9. The molecule has 0 heterocycles. The Morgan fingerprint density at radius 1 is 0.515 bits per heavy atom. The number of ketones is 3. The van der Waals surface area contributed by atoms with Gasteiger partial charge in [0.2, 0.25) is 11.8 Å². The molecule has 2 amide bonds. The fraction of sp³-hybridized carbons (Fsp3) is 0.707. The standard InChI is InChI=1S/C58H96N4O6/c1-7-9-14-26-47(3)54(63)33-20-11-16-28-49(5)57(66)60-40-24-42-62(43-25-41-61-58(67)50(6)29-17-12-21-34-55(64)48(4)27-15-10-8-2)44-45-68-53-37-35-51(36-38-53)30-22-23-39-59-46-56(65)52-31-18-13-19-32-52/h13,18-19,31-32,35-38,47-50,59H,7-12,14-17,20-30,33-34,39-46H2,1-6H3,(H,60,66)(H,61,67)/t47-,48-,49-,50-/m0/s1. The molecule has 0 fully saturated rings. The Kier molecular flexibility index (Phi) is 34.5. The van der Waals surface area contributed by atoms with Crippen molar-refractivity contribution < 1.29 is 28.7 Å². The van der Waals surface area contributed by atoms with E-state index in [9.17, 15) is 24.0 Å². The zero-order valence-electron chi connectivity index (χ0n) is 43.8. The van der Waals surface area contributed by atoms with Gasteiger partial charge < -0.3 is 20.7 Å². The second-order valence-electron chi connectivity index (χ2n) is 19.8. The number of hydrogen-bond acceptors (Lipinski definition) is 8. The molecule has 2 rings (SSSR count). The van der Waals surface area contributed by atoms with E-state index < -0.39 is 0 Å². The van der Waals surface area contributed by atoms with Crippen LogP contribution in [0.25, 0.3) is 0 Å². The molecule has 0 aliphatic heterocycles. The lowest BCUT2D eigenvalue weighted by Gasteiger charge is -2.23. The first kappa shape index (κ1) is 60.2. The van der Waals surface area contributed by atoms with Gasteiger partial charge in [0.1, 0.15) is 23.9 Å². The maximum absolute atomic E-state index is 12.9. The van der Waals surface area contributed by atoms with E-state index in [1.54, 1.807) is 0 Å². The molecular formula is C58H96N4O6. The SMILES string of the molecule is CCCCC[C@H](C)C(=O)CCCCC[C@H](C)C(=O)NCCCN(CCCNC(=O)[C@@H](C)CCCCCC(=O)[C@@H](C)CCCCC)CCOc1ccc(CCCCNCC(=O)c2ccccc2)cc1. The van der Waals surface area contributed by atoms with Crippen molar-refractivity contribution in [3.63, 3.8) is 0 Å². The molecular weight excluding hydrogens is 849 g/mol. The largest absolute Gasteiger partial charge is 0.492 e. The van der Waals surface area contributed by atoms with Crippen molar-refractivity contribution in [3.05, 3.63) is 65.7 Å². The number of nitrogens with zero attached hydrogens (tertiary/aromatic N) is 1. The molecule has 0 unspecified atom stereocenters. The van der Waals surface area contributed by atoms with E-state index in [1.807, 2.05) is 56.3 Å². The van der Waals surface area contributed by atoms with Crippen molar-refractivity contribution in [3.8, 4) is 5.75 Å². The molecule has 0 saturated heterocycles. The fourth-order valence-corrected chi connectivity index (χ4v) is 8.60. The Balaban J connectivity index is 1.75. The van der Waals surface area contributed by atoms with E-state index in [0.29, 0.717) is 50.6 Å². The lowest BCUT2D eigenvalue weighted by Crippen LogP contribution is -2.36. The van der Waals surface area contributed by atoms with Gasteiger partial charge in [0.25, 0.3) is 0 Å². The topological polar surface area (TPSA) is 134 Å². The monoisotopic (exact) mass is 945 g/mol. The molecule has 0 saturated carbocycles. The molecule has 68 heavy (non-hydrogen) atoms. The minimum atomic E-state index is -0.0576. The van der Waals surface area contributed by atoms with Crippen LogP contribution in [0.1, 0.15) is 199 Å². The van der Waals surface area contributed by atoms with Gasteiger partial charge in [-0.25, -0.2) is 0 Å². The molecule has 0 spiro atoms. The van der Waals surface area contributed by atoms with Gasteiger partial charge in [0.15, 0.2) is 5.78 Å². The molecule has 0 aliphatic rings. The molecule has 0 aromatic heterocycles. The first-order valence-corrected chi connectivity index (χ1v) is 27.3. The van der Waals surface area contributed by atoms with Gasteiger partial charge >= 0.3 is 0 Å². The normalized spacial score (nSPS) is 13.2. The van der Waals surface area contributed by atoms with Gasteiger partial charge in [-0.2, -0.15) is 0 Å². The predicted molar refractivity (Wildman–Crippen MR) is 281 cm³/mol. The van der Waals surface area contributed by atoms with E-state index in [-0.39, 0.29) is 41.3 Å². The average molecular weight is 945 g/mol. The zero-order valence-corrected chi connectivity index (χ0v) is 43.8. The quantitative estimate of drug-likeness (QED) is 0.0442. The molecule has 2 aromatic rings. The molecule has 0 aliphatic carbocycles. The van der Waals surface area contributed by atoms with Crippen LogP contribution in [0.15, 0.2) is 54.6 Å². The number of nitrogens with one attached hydrogen (secondary N) is 3. The van der Waals surface area contributed by atoms with Gasteiger partial charge in [-0.1, -0.05) is 148 Å². The molecule has 10 nitrogen and oxygen atoms in total. The van der Waals surface area contributed by atoms with Crippen LogP contribution in [0, 0.1) is 23.7 Å². The number of rotatable bonds is 44. The van der Waals surface area contributed by atoms with Crippen molar-refractivity contribution in [2.45, 2.75) is 189 Å². The maximum Gasteiger partial charge on any atom is 0.222 e. The summed E-state index contributed by atoms with van der Waals surface area (Å²) in [6.45, 7) is 17.8. The molecule has 10 heteroatoms. The number of unbranched alkanes of at least 4 members (excludes halogenated alkanes) is 9. The number of benzene rings is 2. The van der Waals surface area contributed by atoms with Crippen LogP contribution in [0.4, 0.5) is 0 Å². The van der Waals surface area contributed by atoms with Gasteiger partial charge in [-0.15, -0.1) is 0 Å². The number of Topliss-reactive ketones (excluding diaryl/α,β-unsaturated/α-hetero) is 3. The number of amides is 2. The number of ether oxygens (including phenoxy) is 1. The lowest BCUT2D eigenvalue weighted by atomic mass is 9.94. The summed E-state index contributed by atoms with van der Waals surface area (Å²) in [4.78, 5) is 65.5. The number of hydrogen-bond donors (Lipinski definition) is 3. The Morgan fingerprint density at radius 2 is 1.01 bits per heavy atom. The molecule has 2 aromatic carbocycles. The summed E-state index contributed by atoms with van der Waals surface area (Å²) < 4.78 is 6.20. The van der Waals surface area contributed by atoms with Crippen LogP contribution in [0.5, 0.6) is 5.75 Å². The van der Waals surface area contributed by atoms with Gasteiger partial charge in [-0.05, 0) is 108 Å². The summed E-state index contributed by atoms with van der Waals surface area (Å²) >= 11 is 0. The Bertz CT molecular complexity index is 1570. The number of carbonyl (C=O) groups excluding carboxylic acids is 5. The third-order valence-electron chi connectivity index (χ3n) is 13.5. The van der Waals surface area contributed by atoms with Crippen molar-refractivity contribution in [1.29, 1.82) is 0 Å². The summed E-state index contributed by atoms with van der Waals surface area (Å²) in [5.41, 5.74) is 2.00. The zero-order chi connectivity index (χ0) is 49.6. The van der Waals surface area contributed by atoms with Crippen LogP contribution in [0.3, 0.4) is 0 Å². The first-order valence-electron chi connectivity index (χ1n) is 27.3. The summed E-state index contributed by atoms with van der Waals surface area (Å²) in [6.07, 6.45) is 22.3. The highest BCUT2D eigenvalue weighted by atomic mass is 16.5. The van der Waals surface area contributed by atoms with E-state index in [2.05, 4.69) is 60.7 Å². The maximum atomic E-state index is 12.9. The molecule has 0 bridgehead atoms. The Hall–Kier alpha value is -3.89. The highest BCUT2D eigenvalue weighted by Gasteiger charge is 2.17. The Labute approximate surface area is 414 Å². The number of aryl methyl sites for hydroxylation is 1. The van der Waals surface area contributed by atoms with Crippen LogP contribution in [0.2, 0.25) is 0 Å². The highest BCUT2D eigenvalue weighted by molar-refractivity contribution is 5.97. The van der Waals surface area contributed by atoms with E-state index in [0.717, 1.165) is 147 Å². The fourth-order valence-electron chi connectivity index (χ4n) is 8.60. The second kappa shape index (κ2) is 38.9. The summed E-state index contributed by atoms with van der Waals surface area (Å²) in [7, 11) is 0. The van der Waals surface area contributed by atoms with Crippen molar-refractivity contribution in [1.82, 2.24) is 20.9 Å². The third-order valence-corrected chi connectivity index (χ3v) is 13.5. The van der Waals surface area contributed by atoms with Crippen molar-refractivity contribution >= 4 is 29.2 Å². The van der Waals surface area contributed by atoms with Gasteiger partial charge in [0.05, 0.1) is 6.54 Å². The second-order valence-corrected chi connectivity index (χ2v) is 19.8. The lowest BCUT2D eigenvalue weighted by molar-refractivity contribution is -0.125. The minimum absolute atomic E-state index is 0.0576. The minimum Gasteiger partial charge on any atom is -0.492 e. The van der Waals surface area contributed by atoms with E-state index in [1.165, 1.54) is 31.2 Å². The van der Waals surface area contributed by atoms with Crippen molar-refractivity contribution in [2.24, 2.45) is 23.7 Å². The summed E-state index contributed by atoms with van der Waals surface area (Å²) in [6, 6.07) is 17.7. The molecule has 4 atom stereocenters. The predicted octanol–water partition coefficient (Wildman–Crippen LogP) is 11.9. The Morgan fingerprint density at radius 3 is 1.53 bits per heavy atom. The van der Waals surface area contributed by atoms with Crippen molar-refractivity contribution in [2.75, 3.05) is 52.4 Å². The number of carbonyl (C=O) groups is 5. The van der Waals surface area contributed by atoms with Gasteiger partial charge in [-0.3, -0.25) is 28.9 Å². The highest BCUT2D eigenvalue weighted by Crippen LogP contribution is 2.19. The molecule has 3 N–H and O–H groups in total. The average Bonchev–Trinajstić information content (AvgIpc) is 3.34. The molecule has 384 valence electrons. The van der Waals surface area contributed by atoms with Gasteiger partial charge in [0, 0.05) is 61.7 Å².